The van der Waals surface area contributed by atoms with Gasteiger partial charge in [0.25, 0.3) is 0 Å². The van der Waals surface area contributed by atoms with Crippen LogP contribution in [0.25, 0.3) is 10.9 Å². The molecule has 0 atom stereocenters. The van der Waals surface area contributed by atoms with Gasteiger partial charge in [-0.25, -0.2) is 4.39 Å². The Morgan fingerprint density at radius 1 is 1.00 bits per heavy atom. The highest BCUT2D eigenvalue weighted by Crippen LogP contribution is 2.20. The van der Waals surface area contributed by atoms with Gasteiger partial charge in [0.1, 0.15) is 5.82 Å². The van der Waals surface area contributed by atoms with Crippen LogP contribution in [0.3, 0.4) is 0 Å². The van der Waals surface area contributed by atoms with Crippen molar-refractivity contribution < 1.29 is 4.39 Å². The zero-order valence-corrected chi connectivity index (χ0v) is 18.6. The van der Waals surface area contributed by atoms with Crippen molar-refractivity contribution in [2.45, 2.75) is 33.1 Å². The summed E-state index contributed by atoms with van der Waals surface area (Å²) in [5, 5.41) is 1.22. The van der Waals surface area contributed by atoms with Gasteiger partial charge in [-0.15, -0.1) is 0 Å². The van der Waals surface area contributed by atoms with Gasteiger partial charge in [-0.1, -0.05) is 55.2 Å². The van der Waals surface area contributed by atoms with E-state index in [-0.39, 0.29) is 5.82 Å². The van der Waals surface area contributed by atoms with Crippen molar-refractivity contribution in [3.8, 4) is 11.8 Å². The fourth-order valence-corrected chi connectivity index (χ4v) is 3.84. The standard InChI is InChI=1S/C29H27FN2/c1-3-4-6-22-11-14-29-28(19-22)26(20-32-29)15-16-31-21(2)25-12-9-23(10-13-25)17-24-7-5-8-27(30)18-24/h5,7-14,18-20,32H,3,15-17H2,1-2H3. The average Bonchev–Trinajstić information content (AvgIpc) is 3.20. The molecule has 160 valence electrons. The predicted octanol–water partition coefficient (Wildman–Crippen LogP) is 6.71. The number of hydrogen-bond acceptors (Lipinski definition) is 1. The molecular weight excluding hydrogens is 395 g/mol. The van der Waals surface area contributed by atoms with Crippen LogP contribution in [0.4, 0.5) is 4.39 Å². The first kappa shape index (κ1) is 21.6. The number of fused-ring (bicyclic) bond motifs is 1. The van der Waals surface area contributed by atoms with Crippen LogP contribution in [0.5, 0.6) is 0 Å². The summed E-state index contributed by atoms with van der Waals surface area (Å²) in [5.41, 5.74) is 7.73. The van der Waals surface area contributed by atoms with E-state index in [1.54, 1.807) is 12.1 Å². The van der Waals surface area contributed by atoms with E-state index in [0.29, 0.717) is 0 Å². The summed E-state index contributed by atoms with van der Waals surface area (Å²) in [4.78, 5) is 8.15. The molecule has 32 heavy (non-hydrogen) atoms. The molecule has 1 N–H and O–H groups in total. The molecule has 1 aromatic heterocycles. The van der Waals surface area contributed by atoms with E-state index in [1.807, 2.05) is 6.07 Å². The third-order valence-electron chi connectivity index (χ3n) is 5.58. The van der Waals surface area contributed by atoms with Crippen LogP contribution in [0.15, 0.2) is 77.9 Å². The summed E-state index contributed by atoms with van der Waals surface area (Å²) in [7, 11) is 0. The number of benzene rings is 3. The average molecular weight is 423 g/mol. The van der Waals surface area contributed by atoms with Gasteiger partial charge >= 0.3 is 0 Å². The minimum absolute atomic E-state index is 0.192. The zero-order chi connectivity index (χ0) is 22.3. The predicted molar refractivity (Wildman–Crippen MR) is 132 cm³/mol. The monoisotopic (exact) mass is 422 g/mol. The second-order valence-corrected chi connectivity index (χ2v) is 7.95. The molecule has 0 fully saturated rings. The van der Waals surface area contributed by atoms with Crippen LogP contribution < -0.4 is 0 Å². The minimum Gasteiger partial charge on any atom is -0.361 e. The van der Waals surface area contributed by atoms with E-state index in [9.17, 15) is 4.39 Å². The number of aromatic amines is 1. The number of nitrogens with zero attached hydrogens (tertiary/aromatic N) is 1. The molecule has 0 aliphatic rings. The first-order chi connectivity index (χ1) is 15.6. The van der Waals surface area contributed by atoms with Crippen LogP contribution in [-0.2, 0) is 12.8 Å². The molecule has 0 spiro atoms. The third kappa shape index (κ3) is 5.34. The normalized spacial score (nSPS) is 11.4. The Morgan fingerprint density at radius 2 is 1.84 bits per heavy atom. The zero-order valence-electron chi connectivity index (χ0n) is 18.6. The maximum absolute atomic E-state index is 13.4. The molecule has 0 aliphatic carbocycles. The van der Waals surface area contributed by atoms with Crippen molar-refractivity contribution >= 4 is 16.6 Å². The summed E-state index contributed by atoms with van der Waals surface area (Å²) >= 11 is 0. The smallest absolute Gasteiger partial charge is 0.123 e. The highest BCUT2D eigenvalue weighted by molar-refractivity contribution is 5.98. The molecule has 3 heteroatoms. The summed E-state index contributed by atoms with van der Waals surface area (Å²) in [6.07, 6.45) is 4.53. The maximum Gasteiger partial charge on any atom is 0.123 e. The van der Waals surface area contributed by atoms with Crippen LogP contribution in [0, 0.1) is 17.7 Å². The molecule has 0 saturated carbocycles. The Balaban J connectivity index is 1.40. The Kier molecular flexibility index (Phi) is 6.82. The molecule has 0 radical (unpaired) electrons. The molecule has 3 aromatic carbocycles. The first-order valence-electron chi connectivity index (χ1n) is 11.1. The lowest BCUT2D eigenvalue weighted by molar-refractivity contribution is 0.626. The molecule has 4 rings (SSSR count). The highest BCUT2D eigenvalue weighted by Gasteiger charge is 2.05. The Labute approximate surface area is 189 Å². The fourth-order valence-electron chi connectivity index (χ4n) is 3.84. The highest BCUT2D eigenvalue weighted by atomic mass is 19.1. The van der Waals surface area contributed by atoms with Crippen molar-refractivity contribution in [2.24, 2.45) is 4.99 Å². The molecule has 0 unspecified atom stereocenters. The van der Waals surface area contributed by atoms with Crippen molar-refractivity contribution in [1.29, 1.82) is 0 Å². The molecule has 4 aromatic rings. The Hall–Kier alpha value is -3.64. The van der Waals surface area contributed by atoms with Gasteiger partial charge in [0.15, 0.2) is 0 Å². The minimum atomic E-state index is -0.192. The molecule has 0 bridgehead atoms. The van der Waals surface area contributed by atoms with Crippen molar-refractivity contribution in [3.63, 3.8) is 0 Å². The van der Waals surface area contributed by atoms with E-state index < -0.39 is 0 Å². The number of aliphatic imine (C=N–C) groups is 1. The molecular formula is C29H27FN2. The van der Waals surface area contributed by atoms with E-state index >= 15 is 0 Å². The lowest BCUT2D eigenvalue weighted by Crippen LogP contribution is -1.99. The van der Waals surface area contributed by atoms with Gasteiger partial charge in [-0.2, -0.15) is 0 Å². The number of rotatable bonds is 6. The summed E-state index contributed by atoms with van der Waals surface area (Å²) in [6, 6.07) is 21.5. The van der Waals surface area contributed by atoms with E-state index in [0.717, 1.165) is 59.3 Å². The van der Waals surface area contributed by atoms with Gasteiger partial charge < -0.3 is 4.98 Å². The van der Waals surface area contributed by atoms with Gasteiger partial charge in [0, 0.05) is 41.3 Å². The topological polar surface area (TPSA) is 28.1 Å². The van der Waals surface area contributed by atoms with Gasteiger partial charge in [-0.05, 0) is 72.4 Å². The largest absolute Gasteiger partial charge is 0.361 e. The fraction of sp³-hybridized carbons (Fsp3) is 0.207. The molecule has 1 heterocycles. The second kappa shape index (κ2) is 10.1. The van der Waals surface area contributed by atoms with E-state index in [2.05, 4.69) is 79.3 Å². The van der Waals surface area contributed by atoms with Crippen molar-refractivity contribution in [3.05, 3.63) is 107 Å². The van der Waals surface area contributed by atoms with Crippen molar-refractivity contribution in [2.75, 3.05) is 6.54 Å². The summed E-state index contributed by atoms with van der Waals surface area (Å²) < 4.78 is 13.4. The lowest BCUT2D eigenvalue weighted by atomic mass is 10.0. The van der Waals surface area contributed by atoms with Crippen LogP contribution in [-0.4, -0.2) is 17.2 Å². The summed E-state index contributed by atoms with van der Waals surface area (Å²) in [6.45, 7) is 4.84. The molecule has 0 saturated heterocycles. The lowest BCUT2D eigenvalue weighted by Gasteiger charge is -2.05. The Bertz CT molecular complexity index is 1300. The van der Waals surface area contributed by atoms with Gasteiger partial charge in [-0.3, -0.25) is 4.99 Å². The van der Waals surface area contributed by atoms with Crippen LogP contribution in [0.2, 0.25) is 0 Å². The van der Waals surface area contributed by atoms with Crippen LogP contribution >= 0.6 is 0 Å². The number of halogens is 1. The second-order valence-electron chi connectivity index (χ2n) is 7.95. The number of H-pyrrole nitrogens is 1. The molecule has 0 aliphatic heterocycles. The van der Waals surface area contributed by atoms with Gasteiger partial charge in [0.05, 0.1) is 0 Å². The quantitative estimate of drug-likeness (QED) is 0.264. The van der Waals surface area contributed by atoms with Crippen molar-refractivity contribution in [1.82, 2.24) is 4.98 Å². The molecule has 2 nitrogen and oxygen atoms in total. The molecule has 0 amide bonds. The van der Waals surface area contributed by atoms with E-state index in [4.69, 9.17) is 4.99 Å². The first-order valence-corrected chi connectivity index (χ1v) is 11.1. The Morgan fingerprint density at radius 3 is 2.62 bits per heavy atom. The van der Waals surface area contributed by atoms with Gasteiger partial charge in [0.2, 0.25) is 0 Å². The number of hydrogen-bond donors (Lipinski definition) is 1. The SMILES string of the molecule is CCC#Cc1ccc2[nH]cc(CCN=C(C)c3ccc(Cc4cccc(F)c4)cc3)c2c1. The number of nitrogens with one attached hydrogen (secondary N) is 1. The third-order valence-corrected chi connectivity index (χ3v) is 5.58. The van der Waals surface area contributed by atoms with Crippen LogP contribution in [0.1, 0.15) is 48.1 Å². The maximum atomic E-state index is 13.4. The van der Waals surface area contributed by atoms with E-state index in [1.165, 1.54) is 17.0 Å². The number of aromatic nitrogens is 1. The summed E-state index contributed by atoms with van der Waals surface area (Å²) in [5.74, 6) is 6.16.